The molecule has 0 N–H and O–H groups in total. The zero-order valence-corrected chi connectivity index (χ0v) is 8.52. The summed E-state index contributed by atoms with van der Waals surface area (Å²) >= 11 is 0. The summed E-state index contributed by atoms with van der Waals surface area (Å²) in [6.45, 7) is 0. The summed E-state index contributed by atoms with van der Waals surface area (Å²) in [5.41, 5.74) is 2.13. The van der Waals surface area contributed by atoms with Gasteiger partial charge in [-0.25, -0.2) is 4.98 Å². The Morgan fingerprint density at radius 3 is 2.62 bits per heavy atom. The second kappa shape index (κ2) is 4.54. The van der Waals surface area contributed by atoms with Crippen LogP contribution in [0.15, 0.2) is 42.6 Å². The fourth-order valence-electron chi connectivity index (χ4n) is 1.49. The lowest BCUT2D eigenvalue weighted by atomic mass is 10.1. The average molecular weight is 212 g/mol. The van der Waals surface area contributed by atoms with Crippen LogP contribution >= 0.6 is 0 Å². The van der Waals surface area contributed by atoms with Crippen molar-refractivity contribution in [2.45, 2.75) is 6.42 Å². The van der Waals surface area contributed by atoms with Gasteiger partial charge in [0, 0.05) is 17.3 Å². The highest BCUT2D eigenvalue weighted by molar-refractivity contribution is 5.62. The predicted molar refractivity (Wildman–Crippen MR) is 58.9 cm³/mol. The van der Waals surface area contributed by atoms with E-state index in [1.165, 1.54) is 6.20 Å². The van der Waals surface area contributed by atoms with Crippen molar-refractivity contribution < 1.29 is 4.39 Å². The van der Waals surface area contributed by atoms with Crippen LogP contribution < -0.4 is 0 Å². The summed E-state index contributed by atoms with van der Waals surface area (Å²) in [5, 5.41) is 8.56. The summed E-state index contributed by atoms with van der Waals surface area (Å²) < 4.78 is 13.2. The molecular weight excluding hydrogens is 203 g/mol. The fraction of sp³-hybridized carbons (Fsp3) is 0.0769. The van der Waals surface area contributed by atoms with Crippen LogP contribution in [0, 0.1) is 17.3 Å². The van der Waals surface area contributed by atoms with E-state index in [-0.39, 0.29) is 6.42 Å². The lowest BCUT2D eigenvalue weighted by Gasteiger charge is -2.03. The number of halogens is 1. The molecular formula is C13H9FN2. The third-order valence-electron chi connectivity index (χ3n) is 2.29. The van der Waals surface area contributed by atoms with Crippen molar-refractivity contribution in [2.75, 3.05) is 0 Å². The van der Waals surface area contributed by atoms with Gasteiger partial charge < -0.3 is 0 Å². The van der Waals surface area contributed by atoms with Gasteiger partial charge in [0.25, 0.3) is 0 Å². The maximum atomic E-state index is 13.2. The molecule has 0 spiro atoms. The minimum absolute atomic E-state index is 0.0412. The van der Waals surface area contributed by atoms with Crippen LogP contribution in [0.2, 0.25) is 0 Å². The molecule has 78 valence electrons. The number of benzene rings is 1. The first-order valence-electron chi connectivity index (χ1n) is 4.88. The molecule has 1 aromatic heterocycles. The van der Waals surface area contributed by atoms with Gasteiger partial charge >= 0.3 is 0 Å². The highest BCUT2D eigenvalue weighted by Gasteiger charge is 2.05. The monoisotopic (exact) mass is 212 g/mol. The molecule has 2 aromatic rings. The zero-order valence-electron chi connectivity index (χ0n) is 8.52. The van der Waals surface area contributed by atoms with Crippen molar-refractivity contribution in [3.63, 3.8) is 0 Å². The van der Waals surface area contributed by atoms with Gasteiger partial charge in [0.05, 0.1) is 12.5 Å². The Bertz CT molecular complexity index is 529. The molecule has 0 unspecified atom stereocenters. The number of hydrogen-bond acceptors (Lipinski definition) is 2. The van der Waals surface area contributed by atoms with E-state index in [4.69, 9.17) is 5.26 Å². The van der Waals surface area contributed by atoms with E-state index in [0.717, 1.165) is 11.1 Å². The van der Waals surface area contributed by atoms with Crippen LogP contribution in [0.5, 0.6) is 0 Å². The summed E-state index contributed by atoms with van der Waals surface area (Å²) in [6.07, 6.45) is 1.52. The number of aromatic nitrogens is 1. The highest BCUT2D eigenvalue weighted by atomic mass is 19.1. The van der Waals surface area contributed by atoms with Crippen molar-refractivity contribution in [3.05, 3.63) is 54.1 Å². The molecule has 2 rings (SSSR count). The van der Waals surface area contributed by atoms with Gasteiger partial charge in [-0.15, -0.1) is 0 Å². The Labute approximate surface area is 93.0 Å². The topological polar surface area (TPSA) is 36.7 Å². The van der Waals surface area contributed by atoms with E-state index in [9.17, 15) is 4.39 Å². The van der Waals surface area contributed by atoms with Crippen molar-refractivity contribution in [1.29, 1.82) is 5.26 Å². The molecule has 0 radical (unpaired) electrons. The van der Waals surface area contributed by atoms with Crippen molar-refractivity contribution in [3.8, 4) is 17.2 Å². The quantitative estimate of drug-likeness (QED) is 0.717. The second-order valence-electron chi connectivity index (χ2n) is 3.37. The van der Waals surface area contributed by atoms with Crippen LogP contribution in [0.25, 0.3) is 11.1 Å². The van der Waals surface area contributed by atoms with E-state index >= 15 is 0 Å². The predicted octanol–water partition coefficient (Wildman–Crippen LogP) is 2.95. The SMILES string of the molecule is N#CCc1cc(-c2ccccc2)cnc1F. The van der Waals surface area contributed by atoms with Gasteiger partial charge in [-0.05, 0) is 11.6 Å². The smallest absolute Gasteiger partial charge is 0.217 e. The van der Waals surface area contributed by atoms with Crippen LogP contribution in [-0.4, -0.2) is 4.98 Å². The molecule has 2 nitrogen and oxygen atoms in total. The van der Waals surface area contributed by atoms with Crippen LogP contribution in [0.1, 0.15) is 5.56 Å². The van der Waals surface area contributed by atoms with E-state index in [1.807, 2.05) is 36.4 Å². The van der Waals surface area contributed by atoms with E-state index in [1.54, 1.807) is 6.07 Å². The Balaban J connectivity index is 2.45. The molecule has 3 heteroatoms. The molecule has 16 heavy (non-hydrogen) atoms. The molecule has 0 saturated carbocycles. The largest absolute Gasteiger partial charge is 0.227 e. The molecule has 0 fully saturated rings. The number of rotatable bonds is 2. The van der Waals surface area contributed by atoms with Crippen molar-refractivity contribution in [2.24, 2.45) is 0 Å². The number of nitriles is 1. The minimum Gasteiger partial charge on any atom is -0.227 e. The molecule has 0 saturated heterocycles. The van der Waals surface area contributed by atoms with Gasteiger partial charge in [0.15, 0.2) is 0 Å². The third kappa shape index (κ3) is 2.06. The van der Waals surface area contributed by atoms with Gasteiger partial charge in [0.2, 0.25) is 5.95 Å². The minimum atomic E-state index is -0.568. The maximum Gasteiger partial charge on any atom is 0.217 e. The van der Waals surface area contributed by atoms with Crippen molar-refractivity contribution in [1.82, 2.24) is 4.98 Å². The summed E-state index contributed by atoms with van der Waals surface area (Å²) in [7, 11) is 0. The molecule has 0 amide bonds. The molecule has 1 heterocycles. The summed E-state index contributed by atoms with van der Waals surface area (Å²) in [6, 6.07) is 13.2. The first-order valence-corrected chi connectivity index (χ1v) is 4.88. The number of nitrogens with zero attached hydrogens (tertiary/aromatic N) is 2. The van der Waals surface area contributed by atoms with E-state index in [2.05, 4.69) is 4.98 Å². The third-order valence-corrected chi connectivity index (χ3v) is 2.29. The second-order valence-corrected chi connectivity index (χ2v) is 3.37. The summed E-state index contributed by atoms with van der Waals surface area (Å²) in [4.78, 5) is 3.66. The Morgan fingerprint density at radius 1 is 1.19 bits per heavy atom. The van der Waals surface area contributed by atoms with Crippen LogP contribution in [0.4, 0.5) is 4.39 Å². The molecule has 0 aliphatic heterocycles. The number of pyridine rings is 1. The normalized spacial score (nSPS) is 9.75. The van der Waals surface area contributed by atoms with Crippen LogP contribution in [-0.2, 0) is 6.42 Å². The Hall–Kier alpha value is -2.21. The van der Waals surface area contributed by atoms with Gasteiger partial charge in [-0.3, -0.25) is 0 Å². The fourth-order valence-corrected chi connectivity index (χ4v) is 1.49. The molecule has 0 aliphatic carbocycles. The van der Waals surface area contributed by atoms with Crippen molar-refractivity contribution >= 4 is 0 Å². The lowest BCUT2D eigenvalue weighted by Crippen LogP contribution is -1.93. The van der Waals surface area contributed by atoms with E-state index in [0.29, 0.717) is 5.56 Å². The van der Waals surface area contributed by atoms with Gasteiger partial charge in [-0.1, -0.05) is 30.3 Å². The number of hydrogen-bond donors (Lipinski definition) is 0. The van der Waals surface area contributed by atoms with Gasteiger partial charge in [-0.2, -0.15) is 9.65 Å². The highest BCUT2D eigenvalue weighted by Crippen LogP contribution is 2.20. The van der Waals surface area contributed by atoms with E-state index < -0.39 is 5.95 Å². The first kappa shape index (κ1) is 10.3. The lowest BCUT2D eigenvalue weighted by molar-refractivity contribution is 0.571. The Kier molecular flexibility index (Phi) is 2.93. The molecule has 0 aliphatic rings. The summed E-state index contributed by atoms with van der Waals surface area (Å²) in [5.74, 6) is -0.568. The standard InChI is InChI=1S/C13H9FN2/c14-13-11(6-7-15)8-12(9-16-13)10-4-2-1-3-5-10/h1-5,8-9H,6H2. The molecule has 0 atom stereocenters. The molecule has 0 bridgehead atoms. The zero-order chi connectivity index (χ0) is 11.4. The maximum absolute atomic E-state index is 13.2. The van der Waals surface area contributed by atoms with Gasteiger partial charge in [0.1, 0.15) is 0 Å². The molecule has 1 aromatic carbocycles. The van der Waals surface area contributed by atoms with Crippen LogP contribution in [0.3, 0.4) is 0 Å². The Morgan fingerprint density at radius 2 is 1.94 bits per heavy atom. The average Bonchev–Trinajstić information content (AvgIpc) is 2.33. The first-order chi connectivity index (χ1) is 7.81.